The summed E-state index contributed by atoms with van der Waals surface area (Å²) in [5, 5.41) is 11.1. The van der Waals surface area contributed by atoms with E-state index in [0.717, 1.165) is 6.54 Å². The molecule has 0 spiro atoms. The van der Waals surface area contributed by atoms with E-state index in [1.165, 1.54) is 11.8 Å². The normalized spacial score (nSPS) is 12.6. The molecule has 1 aromatic heterocycles. The van der Waals surface area contributed by atoms with E-state index in [4.69, 9.17) is 10.2 Å². The molecule has 90 valence electrons. The fourth-order valence-corrected chi connectivity index (χ4v) is 2.00. The smallest absolute Gasteiger partial charge is 0.276 e. The van der Waals surface area contributed by atoms with Crippen LogP contribution in [0.4, 0.5) is 0 Å². The minimum atomic E-state index is -0.329. The molecular formula is C9H16N4O2S. The topological polar surface area (TPSA) is 94.0 Å². The van der Waals surface area contributed by atoms with Crippen molar-refractivity contribution in [1.82, 2.24) is 15.5 Å². The molecule has 3 N–H and O–H groups in total. The van der Waals surface area contributed by atoms with Crippen molar-refractivity contribution in [3.63, 3.8) is 0 Å². The predicted molar refractivity (Wildman–Crippen MR) is 61.0 cm³/mol. The van der Waals surface area contributed by atoms with Gasteiger partial charge in [0.1, 0.15) is 0 Å². The highest BCUT2D eigenvalue weighted by atomic mass is 32.2. The number of hydrogen-bond acceptors (Lipinski definition) is 6. The summed E-state index contributed by atoms with van der Waals surface area (Å²) < 4.78 is 5.19. The van der Waals surface area contributed by atoms with E-state index in [0.29, 0.717) is 23.3 Å². The maximum Gasteiger partial charge on any atom is 0.276 e. The second kappa shape index (κ2) is 6.49. The number of nitrogens with two attached hydrogens (primary N) is 1. The van der Waals surface area contributed by atoms with Crippen LogP contribution in [0.15, 0.2) is 9.64 Å². The van der Waals surface area contributed by atoms with Crippen LogP contribution in [0.1, 0.15) is 19.2 Å². The van der Waals surface area contributed by atoms with Crippen molar-refractivity contribution in [3.05, 3.63) is 5.89 Å². The van der Waals surface area contributed by atoms with Crippen LogP contribution in [0.5, 0.6) is 0 Å². The molecule has 0 aliphatic rings. The van der Waals surface area contributed by atoms with E-state index in [1.54, 1.807) is 6.92 Å². The molecule has 0 saturated carbocycles. The number of nitrogens with one attached hydrogen (secondary N) is 1. The molecule has 0 radical (unpaired) electrons. The summed E-state index contributed by atoms with van der Waals surface area (Å²) in [6, 6.07) is -0.290. The summed E-state index contributed by atoms with van der Waals surface area (Å²) >= 11 is 1.42. The third-order valence-corrected chi connectivity index (χ3v) is 2.79. The minimum Gasteiger partial charge on any atom is -0.416 e. The van der Waals surface area contributed by atoms with E-state index in [-0.39, 0.29) is 11.9 Å². The third kappa shape index (κ3) is 4.19. The lowest BCUT2D eigenvalue weighted by atomic mass is 10.2. The Balaban J connectivity index is 2.30. The van der Waals surface area contributed by atoms with Gasteiger partial charge >= 0.3 is 0 Å². The van der Waals surface area contributed by atoms with Crippen LogP contribution in [-0.4, -0.2) is 34.4 Å². The van der Waals surface area contributed by atoms with Crippen LogP contribution >= 0.6 is 11.8 Å². The maximum atomic E-state index is 11.0. The van der Waals surface area contributed by atoms with Gasteiger partial charge < -0.3 is 15.5 Å². The molecule has 1 unspecified atom stereocenters. The van der Waals surface area contributed by atoms with E-state index in [2.05, 4.69) is 15.5 Å². The van der Waals surface area contributed by atoms with E-state index in [9.17, 15) is 4.79 Å². The molecule has 0 aliphatic heterocycles. The quantitative estimate of drug-likeness (QED) is 0.671. The molecule has 0 aromatic carbocycles. The van der Waals surface area contributed by atoms with Gasteiger partial charge in [0.25, 0.3) is 5.22 Å². The van der Waals surface area contributed by atoms with Gasteiger partial charge in [0.05, 0.1) is 6.04 Å². The zero-order valence-electron chi connectivity index (χ0n) is 9.40. The molecule has 0 aliphatic carbocycles. The zero-order chi connectivity index (χ0) is 12.0. The average Bonchev–Trinajstić information content (AvgIpc) is 2.63. The Morgan fingerprint density at radius 3 is 2.88 bits per heavy atom. The van der Waals surface area contributed by atoms with Crippen molar-refractivity contribution >= 4 is 17.7 Å². The number of likely N-dealkylation sites (N-methyl/N-ethyl adjacent to an activating group) is 1. The molecule has 1 atom stereocenters. The van der Waals surface area contributed by atoms with Crippen LogP contribution in [0.3, 0.4) is 0 Å². The SMILES string of the molecule is CCNC(CCSc1nnc(C)o1)C(N)=O. The predicted octanol–water partition coefficient (Wildman–Crippen LogP) is 0.324. The Hall–Kier alpha value is -1.08. The lowest BCUT2D eigenvalue weighted by Crippen LogP contribution is -2.41. The molecule has 1 aromatic rings. The Morgan fingerprint density at radius 2 is 2.38 bits per heavy atom. The van der Waals surface area contributed by atoms with Crippen molar-refractivity contribution in [2.75, 3.05) is 12.3 Å². The summed E-state index contributed by atoms with van der Waals surface area (Å²) in [6.45, 7) is 4.39. The highest BCUT2D eigenvalue weighted by Crippen LogP contribution is 2.17. The third-order valence-electron chi connectivity index (χ3n) is 1.93. The average molecular weight is 244 g/mol. The highest BCUT2D eigenvalue weighted by Gasteiger charge is 2.14. The number of carbonyl (C=O) groups excluding carboxylic acids is 1. The second-order valence-electron chi connectivity index (χ2n) is 3.24. The lowest BCUT2D eigenvalue weighted by Gasteiger charge is -2.12. The lowest BCUT2D eigenvalue weighted by molar-refractivity contribution is -0.120. The van der Waals surface area contributed by atoms with Gasteiger partial charge in [0, 0.05) is 12.7 Å². The number of primary amides is 1. The van der Waals surface area contributed by atoms with Crippen molar-refractivity contribution < 1.29 is 9.21 Å². The second-order valence-corrected chi connectivity index (χ2v) is 4.28. The number of aryl methyl sites for hydroxylation is 1. The fraction of sp³-hybridized carbons (Fsp3) is 0.667. The van der Waals surface area contributed by atoms with Gasteiger partial charge in [-0.05, 0) is 13.0 Å². The van der Waals surface area contributed by atoms with Crippen LogP contribution in [-0.2, 0) is 4.79 Å². The summed E-state index contributed by atoms with van der Waals surface area (Å²) in [6.07, 6.45) is 0.648. The summed E-state index contributed by atoms with van der Waals surface area (Å²) in [4.78, 5) is 11.0. The van der Waals surface area contributed by atoms with Gasteiger partial charge in [-0.3, -0.25) is 4.79 Å². The van der Waals surface area contributed by atoms with Gasteiger partial charge in [0.15, 0.2) is 0 Å². The van der Waals surface area contributed by atoms with Crippen molar-refractivity contribution in [2.45, 2.75) is 31.5 Å². The Kier molecular flexibility index (Phi) is 5.27. The van der Waals surface area contributed by atoms with Gasteiger partial charge in [-0.2, -0.15) is 0 Å². The molecule has 1 amide bonds. The van der Waals surface area contributed by atoms with Crippen LogP contribution in [0.2, 0.25) is 0 Å². The van der Waals surface area contributed by atoms with Gasteiger partial charge in [-0.15, -0.1) is 10.2 Å². The first-order valence-corrected chi connectivity index (χ1v) is 6.07. The van der Waals surface area contributed by atoms with Crippen LogP contribution in [0.25, 0.3) is 0 Å². The first-order chi connectivity index (χ1) is 7.63. The first kappa shape index (κ1) is 13.0. The fourth-order valence-electron chi connectivity index (χ4n) is 1.19. The van der Waals surface area contributed by atoms with Crippen molar-refractivity contribution in [3.8, 4) is 0 Å². The van der Waals surface area contributed by atoms with Gasteiger partial charge in [0.2, 0.25) is 11.8 Å². The Morgan fingerprint density at radius 1 is 1.62 bits per heavy atom. The summed E-state index contributed by atoms with van der Waals surface area (Å²) in [5.41, 5.74) is 5.24. The van der Waals surface area contributed by atoms with E-state index in [1.807, 2.05) is 6.92 Å². The van der Waals surface area contributed by atoms with Crippen LogP contribution < -0.4 is 11.1 Å². The van der Waals surface area contributed by atoms with Crippen molar-refractivity contribution in [2.24, 2.45) is 5.73 Å². The molecule has 0 fully saturated rings. The molecule has 1 rings (SSSR count). The highest BCUT2D eigenvalue weighted by molar-refractivity contribution is 7.99. The molecule has 7 heteroatoms. The summed E-state index contributed by atoms with van der Waals surface area (Å²) in [5.74, 6) is 0.923. The Labute approximate surface area is 98.4 Å². The zero-order valence-corrected chi connectivity index (χ0v) is 10.2. The van der Waals surface area contributed by atoms with Crippen molar-refractivity contribution in [1.29, 1.82) is 0 Å². The molecular weight excluding hydrogens is 228 g/mol. The molecule has 16 heavy (non-hydrogen) atoms. The minimum absolute atomic E-state index is 0.290. The van der Waals surface area contributed by atoms with Crippen LogP contribution in [0, 0.1) is 6.92 Å². The molecule has 0 saturated heterocycles. The standard InChI is InChI=1S/C9H16N4O2S/c1-3-11-7(8(10)14)4-5-16-9-13-12-6(2)15-9/h7,11H,3-5H2,1-2H3,(H2,10,14). The number of amides is 1. The number of carbonyl (C=O) groups is 1. The number of thioether (sulfide) groups is 1. The van der Waals surface area contributed by atoms with E-state index >= 15 is 0 Å². The maximum absolute atomic E-state index is 11.0. The number of rotatable bonds is 7. The van der Waals surface area contributed by atoms with Gasteiger partial charge in [-0.1, -0.05) is 18.7 Å². The molecule has 6 nitrogen and oxygen atoms in total. The monoisotopic (exact) mass is 244 g/mol. The summed E-state index contributed by atoms with van der Waals surface area (Å²) in [7, 11) is 0. The molecule has 1 heterocycles. The van der Waals surface area contributed by atoms with Gasteiger partial charge in [-0.25, -0.2) is 0 Å². The number of nitrogens with zero attached hydrogens (tertiary/aromatic N) is 2. The first-order valence-electron chi connectivity index (χ1n) is 5.09. The number of aromatic nitrogens is 2. The Bertz CT molecular complexity index is 342. The van der Waals surface area contributed by atoms with E-state index < -0.39 is 0 Å². The molecule has 0 bridgehead atoms. The largest absolute Gasteiger partial charge is 0.416 e. The number of hydrogen-bond donors (Lipinski definition) is 2.